The molecular weight excluding hydrogens is 220 g/mol. The molecule has 1 saturated carbocycles. The zero-order chi connectivity index (χ0) is 12.8. The van der Waals surface area contributed by atoms with Crippen molar-refractivity contribution in [1.82, 2.24) is 0 Å². The average molecular weight is 242 g/mol. The molecule has 0 heterocycles. The monoisotopic (exact) mass is 242 g/mol. The average Bonchev–Trinajstić information content (AvgIpc) is 2.46. The van der Waals surface area contributed by atoms with E-state index in [1.54, 1.807) is 7.11 Å². The first-order valence-corrected chi connectivity index (χ1v) is 6.97. The van der Waals surface area contributed by atoms with Crippen LogP contribution in [0.1, 0.15) is 44.6 Å². The summed E-state index contributed by atoms with van der Waals surface area (Å²) in [6.45, 7) is 2.30. The van der Waals surface area contributed by atoms with Gasteiger partial charge in [-0.25, -0.2) is 0 Å². The van der Waals surface area contributed by atoms with E-state index in [0.29, 0.717) is 5.92 Å². The van der Waals surface area contributed by atoms with E-state index in [9.17, 15) is 0 Å². The smallest absolute Gasteiger partial charge is 0.118 e. The SMILES string of the molecule is CCC1CCC(C#Cc2ccc(OC)cc2)CC1. The van der Waals surface area contributed by atoms with Crippen LogP contribution in [0.3, 0.4) is 0 Å². The molecule has 0 amide bonds. The Morgan fingerprint density at radius 1 is 1.11 bits per heavy atom. The lowest BCUT2D eigenvalue weighted by atomic mass is 9.81. The topological polar surface area (TPSA) is 9.23 Å². The zero-order valence-corrected chi connectivity index (χ0v) is 11.4. The number of hydrogen-bond acceptors (Lipinski definition) is 1. The first-order valence-electron chi connectivity index (χ1n) is 6.97. The highest BCUT2D eigenvalue weighted by molar-refractivity contribution is 5.38. The highest BCUT2D eigenvalue weighted by Crippen LogP contribution is 2.30. The number of methoxy groups -OCH3 is 1. The summed E-state index contributed by atoms with van der Waals surface area (Å²) in [5.74, 6) is 9.17. The van der Waals surface area contributed by atoms with Crippen LogP contribution in [0.5, 0.6) is 5.75 Å². The Morgan fingerprint density at radius 3 is 2.33 bits per heavy atom. The van der Waals surface area contributed by atoms with Crippen molar-refractivity contribution >= 4 is 0 Å². The largest absolute Gasteiger partial charge is 0.497 e. The van der Waals surface area contributed by atoms with E-state index < -0.39 is 0 Å². The van der Waals surface area contributed by atoms with Crippen molar-refractivity contribution in [3.63, 3.8) is 0 Å². The molecule has 0 unspecified atom stereocenters. The number of ether oxygens (including phenoxy) is 1. The van der Waals surface area contributed by atoms with Crippen molar-refractivity contribution < 1.29 is 4.74 Å². The van der Waals surface area contributed by atoms with Crippen molar-refractivity contribution in [3.8, 4) is 17.6 Å². The molecule has 2 rings (SSSR count). The minimum absolute atomic E-state index is 0.606. The molecule has 1 heteroatoms. The van der Waals surface area contributed by atoms with Crippen LogP contribution in [0, 0.1) is 23.7 Å². The molecule has 0 radical (unpaired) electrons. The first-order chi connectivity index (χ1) is 8.81. The van der Waals surface area contributed by atoms with Crippen molar-refractivity contribution in [2.45, 2.75) is 39.0 Å². The Kier molecular flexibility index (Phi) is 4.70. The molecule has 1 aromatic carbocycles. The third-order valence-electron chi connectivity index (χ3n) is 3.93. The molecule has 0 atom stereocenters. The van der Waals surface area contributed by atoms with Crippen LogP contribution >= 0.6 is 0 Å². The van der Waals surface area contributed by atoms with Gasteiger partial charge in [0, 0.05) is 11.5 Å². The summed E-state index contributed by atoms with van der Waals surface area (Å²) in [6, 6.07) is 8.00. The summed E-state index contributed by atoms with van der Waals surface area (Å²) in [4.78, 5) is 0. The van der Waals surface area contributed by atoms with Crippen LogP contribution in [-0.2, 0) is 0 Å². The number of hydrogen-bond donors (Lipinski definition) is 0. The molecule has 96 valence electrons. The summed E-state index contributed by atoms with van der Waals surface area (Å²) in [6.07, 6.45) is 6.61. The van der Waals surface area contributed by atoms with Crippen LogP contribution in [0.4, 0.5) is 0 Å². The standard InChI is InChI=1S/C17H22O/c1-3-14-4-6-15(7-5-14)8-9-16-10-12-17(18-2)13-11-16/h10-15H,3-7H2,1-2H3. The second kappa shape index (κ2) is 6.50. The molecular formula is C17H22O. The van der Waals surface area contributed by atoms with Crippen LogP contribution in [0.25, 0.3) is 0 Å². The van der Waals surface area contributed by atoms with E-state index in [0.717, 1.165) is 17.2 Å². The molecule has 0 aliphatic heterocycles. The molecule has 1 aliphatic carbocycles. The number of benzene rings is 1. The van der Waals surface area contributed by atoms with Gasteiger partial charge in [0.05, 0.1) is 7.11 Å². The highest BCUT2D eigenvalue weighted by atomic mass is 16.5. The lowest BCUT2D eigenvalue weighted by Gasteiger charge is -2.24. The van der Waals surface area contributed by atoms with Crippen molar-refractivity contribution in [3.05, 3.63) is 29.8 Å². The highest BCUT2D eigenvalue weighted by Gasteiger charge is 2.17. The second-order valence-corrected chi connectivity index (χ2v) is 5.12. The maximum absolute atomic E-state index is 5.14. The maximum Gasteiger partial charge on any atom is 0.118 e. The van der Waals surface area contributed by atoms with Gasteiger partial charge in [-0.3, -0.25) is 0 Å². The molecule has 0 saturated heterocycles. The van der Waals surface area contributed by atoms with Crippen LogP contribution in [0.2, 0.25) is 0 Å². The molecule has 0 bridgehead atoms. The van der Waals surface area contributed by atoms with Crippen LogP contribution in [-0.4, -0.2) is 7.11 Å². The third kappa shape index (κ3) is 3.53. The minimum Gasteiger partial charge on any atom is -0.497 e. The summed E-state index contributed by atoms with van der Waals surface area (Å²) in [7, 11) is 1.69. The lowest BCUT2D eigenvalue weighted by molar-refractivity contribution is 0.309. The van der Waals surface area contributed by atoms with Gasteiger partial charge in [-0.2, -0.15) is 0 Å². The maximum atomic E-state index is 5.14. The van der Waals surface area contributed by atoms with E-state index in [-0.39, 0.29) is 0 Å². The van der Waals surface area contributed by atoms with E-state index >= 15 is 0 Å². The molecule has 0 spiro atoms. The zero-order valence-electron chi connectivity index (χ0n) is 11.4. The van der Waals surface area contributed by atoms with Gasteiger partial charge in [0.15, 0.2) is 0 Å². The molecule has 1 aromatic rings. The summed E-state index contributed by atoms with van der Waals surface area (Å²) >= 11 is 0. The van der Waals surface area contributed by atoms with Gasteiger partial charge in [-0.15, -0.1) is 0 Å². The molecule has 0 aromatic heterocycles. The predicted octanol–water partition coefficient (Wildman–Crippen LogP) is 4.26. The van der Waals surface area contributed by atoms with Gasteiger partial charge in [0.1, 0.15) is 5.75 Å². The predicted molar refractivity (Wildman–Crippen MR) is 75.6 cm³/mol. The molecule has 18 heavy (non-hydrogen) atoms. The van der Waals surface area contributed by atoms with Gasteiger partial charge in [-0.05, 0) is 55.9 Å². The Hall–Kier alpha value is -1.42. The van der Waals surface area contributed by atoms with Gasteiger partial charge in [0.2, 0.25) is 0 Å². The Bertz CT molecular complexity index is 413. The summed E-state index contributed by atoms with van der Waals surface area (Å²) < 4.78 is 5.14. The summed E-state index contributed by atoms with van der Waals surface area (Å²) in [5.41, 5.74) is 1.09. The van der Waals surface area contributed by atoms with Gasteiger partial charge >= 0.3 is 0 Å². The van der Waals surface area contributed by atoms with Crippen LogP contribution < -0.4 is 4.74 Å². The fourth-order valence-electron chi connectivity index (χ4n) is 2.57. The lowest BCUT2D eigenvalue weighted by Crippen LogP contribution is -2.12. The normalized spacial score (nSPS) is 23.0. The molecule has 0 N–H and O–H groups in total. The third-order valence-corrected chi connectivity index (χ3v) is 3.93. The van der Waals surface area contributed by atoms with Gasteiger partial charge < -0.3 is 4.74 Å². The van der Waals surface area contributed by atoms with E-state index in [1.807, 2.05) is 24.3 Å². The van der Waals surface area contributed by atoms with E-state index in [1.165, 1.54) is 32.1 Å². The Labute approximate surface area is 111 Å². The van der Waals surface area contributed by atoms with E-state index in [2.05, 4.69) is 18.8 Å². The fourth-order valence-corrected chi connectivity index (χ4v) is 2.57. The van der Waals surface area contributed by atoms with Crippen molar-refractivity contribution in [2.75, 3.05) is 7.11 Å². The quantitative estimate of drug-likeness (QED) is 0.704. The fraction of sp³-hybridized carbons (Fsp3) is 0.529. The van der Waals surface area contributed by atoms with Gasteiger partial charge in [0.25, 0.3) is 0 Å². The minimum atomic E-state index is 0.606. The Balaban J connectivity index is 1.91. The van der Waals surface area contributed by atoms with E-state index in [4.69, 9.17) is 4.74 Å². The first kappa shape index (κ1) is 13.0. The molecule has 1 nitrogen and oxygen atoms in total. The Morgan fingerprint density at radius 2 is 1.78 bits per heavy atom. The van der Waals surface area contributed by atoms with Crippen molar-refractivity contribution in [2.24, 2.45) is 11.8 Å². The second-order valence-electron chi connectivity index (χ2n) is 5.12. The van der Waals surface area contributed by atoms with Crippen molar-refractivity contribution in [1.29, 1.82) is 0 Å². The van der Waals surface area contributed by atoms with Gasteiger partial charge in [-0.1, -0.05) is 25.2 Å². The van der Waals surface area contributed by atoms with Crippen LogP contribution in [0.15, 0.2) is 24.3 Å². The summed E-state index contributed by atoms with van der Waals surface area (Å²) in [5, 5.41) is 0. The number of rotatable bonds is 2. The molecule has 1 fully saturated rings. The molecule has 1 aliphatic rings.